The second-order valence-corrected chi connectivity index (χ2v) is 19.2. The lowest BCUT2D eigenvalue weighted by Crippen LogP contribution is -2.37. The van der Waals surface area contributed by atoms with E-state index in [-0.39, 0.29) is 26.1 Å². The standard InChI is InChI=1S/C52H94NO8P/c1-6-8-10-12-14-16-18-20-22-24-26-28-30-32-34-36-38-40-42-44-51(54)58-48-50(49-60-62(56,57)59-47-46-53(3,4)5)61-52(55)45-43-41-39-37-35-33-31-29-27-25-23-21-19-17-15-13-11-9-7-2/h15,17,21,23,27,29,33,35,39,41,50H,6-14,16,18-20,22,24-26,28,30-32,34,36-38,40,42-49H2,1-5H3/b17-15-,23-21-,29-27-,35-33-,41-39-/t50-/m1/s1. The van der Waals surface area contributed by atoms with Crippen molar-refractivity contribution >= 4 is 19.8 Å². The Bertz CT molecular complexity index is 1240. The molecule has 0 spiro atoms. The Kier molecular flexibility index (Phi) is 42.3. The molecule has 0 aromatic rings. The fraction of sp³-hybridized carbons (Fsp3) is 0.769. The third-order valence-electron chi connectivity index (χ3n) is 10.6. The van der Waals surface area contributed by atoms with Gasteiger partial charge >= 0.3 is 11.9 Å². The normalized spacial score (nSPS) is 14.0. The molecule has 0 bridgehead atoms. The van der Waals surface area contributed by atoms with Crippen molar-refractivity contribution in [2.45, 2.75) is 213 Å². The summed E-state index contributed by atoms with van der Waals surface area (Å²) in [6, 6.07) is 0. The second kappa shape index (κ2) is 43.9. The average molecular weight is 892 g/mol. The van der Waals surface area contributed by atoms with Crippen molar-refractivity contribution in [3.8, 4) is 0 Å². The number of likely N-dealkylation sites (N-methyl/N-ethyl adjacent to an activating group) is 1. The van der Waals surface area contributed by atoms with Gasteiger partial charge in [0.1, 0.15) is 19.8 Å². The molecular formula is C52H94NO8P. The van der Waals surface area contributed by atoms with Crippen LogP contribution < -0.4 is 4.89 Å². The van der Waals surface area contributed by atoms with Crippen LogP contribution in [0.5, 0.6) is 0 Å². The number of unbranched alkanes of at least 4 members (excludes halogenated alkanes) is 21. The van der Waals surface area contributed by atoms with E-state index in [1.165, 1.54) is 128 Å². The molecule has 0 radical (unpaired) electrons. The van der Waals surface area contributed by atoms with Gasteiger partial charge in [-0.15, -0.1) is 0 Å². The predicted octanol–water partition coefficient (Wildman–Crippen LogP) is 14.2. The van der Waals surface area contributed by atoms with Crippen LogP contribution in [0.15, 0.2) is 60.8 Å². The molecule has 0 saturated heterocycles. The number of carbonyl (C=O) groups excluding carboxylic acids is 2. The number of rotatable bonds is 45. The fourth-order valence-corrected chi connectivity index (χ4v) is 7.37. The van der Waals surface area contributed by atoms with Crippen molar-refractivity contribution in [2.24, 2.45) is 0 Å². The number of carbonyl (C=O) groups is 2. The molecule has 0 amide bonds. The molecule has 0 aliphatic heterocycles. The Labute approximate surface area is 381 Å². The molecule has 0 aromatic carbocycles. The van der Waals surface area contributed by atoms with Crippen LogP contribution in [-0.4, -0.2) is 70.0 Å². The van der Waals surface area contributed by atoms with E-state index in [4.69, 9.17) is 18.5 Å². The quantitative estimate of drug-likeness (QED) is 0.0195. The van der Waals surface area contributed by atoms with Crippen LogP contribution in [0.4, 0.5) is 0 Å². The van der Waals surface area contributed by atoms with Crippen LogP contribution in [0.1, 0.15) is 206 Å². The summed E-state index contributed by atoms with van der Waals surface area (Å²) in [5.41, 5.74) is 0. The van der Waals surface area contributed by atoms with Gasteiger partial charge in [-0.2, -0.15) is 0 Å². The van der Waals surface area contributed by atoms with E-state index < -0.39 is 32.5 Å². The zero-order chi connectivity index (χ0) is 45.7. The van der Waals surface area contributed by atoms with Crippen molar-refractivity contribution in [3.05, 3.63) is 60.8 Å². The van der Waals surface area contributed by atoms with Gasteiger partial charge in [0.05, 0.1) is 27.7 Å². The summed E-state index contributed by atoms with van der Waals surface area (Å²) in [5, 5.41) is 0. The summed E-state index contributed by atoms with van der Waals surface area (Å²) in [6.07, 6.45) is 54.1. The van der Waals surface area contributed by atoms with Gasteiger partial charge in [-0.05, 0) is 51.4 Å². The van der Waals surface area contributed by atoms with E-state index in [9.17, 15) is 19.0 Å². The van der Waals surface area contributed by atoms with E-state index >= 15 is 0 Å². The predicted molar refractivity (Wildman–Crippen MR) is 259 cm³/mol. The van der Waals surface area contributed by atoms with Crippen LogP contribution in [0.3, 0.4) is 0 Å². The number of hydrogen-bond acceptors (Lipinski definition) is 8. The van der Waals surface area contributed by atoms with Crippen LogP contribution in [0, 0.1) is 0 Å². The maximum Gasteiger partial charge on any atom is 0.306 e. The minimum atomic E-state index is -4.65. The highest BCUT2D eigenvalue weighted by Crippen LogP contribution is 2.38. The SMILES string of the molecule is CCCCC/C=C\C/C=C\C/C=C\C/C=C\C/C=C\CCC(=O)O[C@H](COC(=O)CCCCCCCCCCCCCCCCCCCCC)COP(=O)([O-])OCC[N+](C)(C)C. The topological polar surface area (TPSA) is 111 Å². The summed E-state index contributed by atoms with van der Waals surface area (Å²) in [6.45, 7) is 4.13. The summed E-state index contributed by atoms with van der Waals surface area (Å²) in [4.78, 5) is 37.6. The molecular weight excluding hydrogens is 798 g/mol. The highest BCUT2D eigenvalue weighted by atomic mass is 31.2. The second-order valence-electron chi connectivity index (χ2n) is 17.8. The third-order valence-corrected chi connectivity index (χ3v) is 11.5. The number of ether oxygens (including phenoxy) is 2. The minimum absolute atomic E-state index is 0.0451. The first kappa shape index (κ1) is 59.7. The van der Waals surface area contributed by atoms with Crippen molar-refractivity contribution in [2.75, 3.05) is 47.5 Å². The maximum absolute atomic E-state index is 12.7. The van der Waals surface area contributed by atoms with Gasteiger partial charge in [0.25, 0.3) is 7.82 Å². The Morgan fingerprint density at radius 1 is 0.500 bits per heavy atom. The van der Waals surface area contributed by atoms with Gasteiger partial charge in [-0.3, -0.25) is 14.2 Å². The molecule has 0 N–H and O–H groups in total. The van der Waals surface area contributed by atoms with Crippen LogP contribution in [-0.2, 0) is 32.7 Å². The average Bonchev–Trinajstić information content (AvgIpc) is 3.23. The van der Waals surface area contributed by atoms with Crippen molar-refractivity contribution in [1.29, 1.82) is 0 Å². The molecule has 0 saturated carbocycles. The first-order valence-electron chi connectivity index (χ1n) is 25.0. The summed E-state index contributed by atoms with van der Waals surface area (Å²) >= 11 is 0. The lowest BCUT2D eigenvalue weighted by atomic mass is 10.0. The summed E-state index contributed by atoms with van der Waals surface area (Å²) in [7, 11) is 1.12. The molecule has 1 unspecified atom stereocenters. The molecule has 9 nitrogen and oxygen atoms in total. The fourth-order valence-electron chi connectivity index (χ4n) is 6.64. The zero-order valence-electron chi connectivity index (χ0n) is 40.6. The largest absolute Gasteiger partial charge is 0.756 e. The smallest absolute Gasteiger partial charge is 0.306 e. The van der Waals surface area contributed by atoms with Crippen LogP contribution in [0.25, 0.3) is 0 Å². The van der Waals surface area contributed by atoms with Crippen LogP contribution in [0.2, 0.25) is 0 Å². The van der Waals surface area contributed by atoms with E-state index in [2.05, 4.69) is 62.5 Å². The first-order valence-corrected chi connectivity index (χ1v) is 26.5. The Balaban J connectivity index is 4.38. The van der Waals surface area contributed by atoms with Gasteiger partial charge in [0, 0.05) is 12.8 Å². The minimum Gasteiger partial charge on any atom is -0.756 e. The van der Waals surface area contributed by atoms with Gasteiger partial charge in [0.15, 0.2) is 6.10 Å². The van der Waals surface area contributed by atoms with E-state index in [1.807, 2.05) is 33.3 Å². The molecule has 0 heterocycles. The Hall–Kier alpha value is -2.29. The van der Waals surface area contributed by atoms with Crippen molar-refractivity contribution in [1.82, 2.24) is 0 Å². The number of phosphoric acid groups is 1. The highest BCUT2D eigenvalue weighted by molar-refractivity contribution is 7.45. The third kappa shape index (κ3) is 47.2. The maximum atomic E-state index is 12.7. The lowest BCUT2D eigenvalue weighted by molar-refractivity contribution is -0.870. The van der Waals surface area contributed by atoms with Gasteiger partial charge in [0.2, 0.25) is 0 Å². The Morgan fingerprint density at radius 2 is 0.903 bits per heavy atom. The van der Waals surface area contributed by atoms with Crippen molar-refractivity contribution < 1.29 is 42.1 Å². The number of allylic oxidation sites excluding steroid dienone is 10. The van der Waals surface area contributed by atoms with Gasteiger partial charge in [-0.1, -0.05) is 203 Å². The van der Waals surface area contributed by atoms with Gasteiger partial charge in [-0.25, -0.2) is 0 Å². The number of nitrogens with zero attached hydrogens (tertiary/aromatic N) is 1. The van der Waals surface area contributed by atoms with Crippen molar-refractivity contribution in [3.63, 3.8) is 0 Å². The van der Waals surface area contributed by atoms with E-state index in [1.54, 1.807) is 0 Å². The molecule has 10 heteroatoms. The highest BCUT2D eigenvalue weighted by Gasteiger charge is 2.21. The number of phosphoric ester groups is 1. The number of esters is 2. The lowest BCUT2D eigenvalue weighted by Gasteiger charge is -2.28. The molecule has 0 aliphatic carbocycles. The number of quaternary nitrogens is 1. The summed E-state index contributed by atoms with van der Waals surface area (Å²) in [5.74, 6) is -0.926. The molecule has 0 rings (SSSR count). The van der Waals surface area contributed by atoms with E-state index in [0.717, 1.165) is 44.9 Å². The van der Waals surface area contributed by atoms with Gasteiger partial charge < -0.3 is 27.9 Å². The monoisotopic (exact) mass is 892 g/mol. The molecule has 2 atom stereocenters. The first-order chi connectivity index (χ1) is 30.0. The molecule has 0 aromatic heterocycles. The molecule has 62 heavy (non-hydrogen) atoms. The Morgan fingerprint density at radius 3 is 1.35 bits per heavy atom. The van der Waals surface area contributed by atoms with Crippen LogP contribution >= 0.6 is 7.82 Å². The number of hydrogen-bond donors (Lipinski definition) is 0. The summed E-state index contributed by atoms with van der Waals surface area (Å²) < 4.78 is 33.9. The molecule has 0 fully saturated rings. The van der Waals surface area contributed by atoms with E-state index in [0.29, 0.717) is 17.4 Å². The zero-order valence-corrected chi connectivity index (χ0v) is 41.4. The molecule has 360 valence electrons. The molecule has 0 aliphatic rings.